The monoisotopic (exact) mass is 618 g/mol. The molecular formula is C40H38N2OSi2. The van der Waals surface area contributed by atoms with E-state index in [2.05, 4.69) is 163 Å². The Balaban J connectivity index is 1.49. The van der Waals surface area contributed by atoms with E-state index in [1.54, 1.807) is 0 Å². The van der Waals surface area contributed by atoms with Crippen LogP contribution in [0.1, 0.15) is 53.3 Å². The second-order valence-electron chi connectivity index (χ2n) is 12.4. The number of rotatable bonds is 6. The molecule has 0 saturated carbocycles. The van der Waals surface area contributed by atoms with Crippen molar-refractivity contribution in [2.45, 2.75) is 41.5 Å². The second kappa shape index (κ2) is 11.1. The zero-order valence-electron chi connectivity index (χ0n) is 26.8. The fourth-order valence-corrected chi connectivity index (χ4v) is 19.0. The van der Waals surface area contributed by atoms with Crippen LogP contribution in [0.2, 0.25) is 0 Å². The Hall–Kier alpha value is -4.59. The molecule has 0 bridgehead atoms. The summed E-state index contributed by atoms with van der Waals surface area (Å²) in [6.45, 7) is 13.6. The molecule has 0 radical (unpaired) electrons. The van der Waals surface area contributed by atoms with Crippen molar-refractivity contribution in [3.8, 4) is 0 Å². The molecular weight excluding hydrogens is 581 g/mol. The molecule has 7 rings (SSSR count). The van der Waals surface area contributed by atoms with Crippen molar-refractivity contribution in [1.82, 2.24) is 10.2 Å². The van der Waals surface area contributed by atoms with Gasteiger partial charge in [-0.2, -0.15) is 0 Å². The van der Waals surface area contributed by atoms with E-state index in [9.17, 15) is 0 Å². The van der Waals surface area contributed by atoms with Crippen molar-refractivity contribution in [2.75, 3.05) is 0 Å². The van der Waals surface area contributed by atoms with Crippen LogP contribution in [-0.4, -0.2) is 26.3 Å². The van der Waals surface area contributed by atoms with E-state index in [1.165, 1.54) is 63.8 Å². The molecule has 4 aromatic carbocycles. The molecule has 3 nitrogen and oxygen atoms in total. The van der Waals surface area contributed by atoms with Crippen LogP contribution >= 0.6 is 0 Å². The van der Waals surface area contributed by atoms with Gasteiger partial charge in [-0.25, -0.2) is 0 Å². The van der Waals surface area contributed by atoms with Gasteiger partial charge in [0.15, 0.2) is 16.1 Å². The van der Waals surface area contributed by atoms with Crippen molar-refractivity contribution < 1.29 is 4.42 Å². The van der Waals surface area contributed by atoms with Gasteiger partial charge in [-0.05, 0) is 73.4 Å². The van der Waals surface area contributed by atoms with Gasteiger partial charge in [0.25, 0.3) is 0 Å². The molecule has 45 heavy (non-hydrogen) atoms. The van der Waals surface area contributed by atoms with Gasteiger partial charge in [0.2, 0.25) is 11.8 Å². The smallest absolute Gasteiger partial charge is 0.241 e. The third-order valence-corrected chi connectivity index (χ3v) is 21.0. The summed E-state index contributed by atoms with van der Waals surface area (Å²) in [5.74, 6) is 1.29. The van der Waals surface area contributed by atoms with Gasteiger partial charge in [-0.15, -0.1) is 10.2 Å². The molecule has 2 aliphatic heterocycles. The SMILES string of the molecule is CC1=C(C)[Si](c2ccccc2)(c2ccccc2)C(c2nnc(C3=C(C)C(C)=C(C)[Si]3(c3ccccc3)c3ccccc3)o2)=C1C. The fraction of sp³-hybridized carbons (Fsp3) is 0.150. The van der Waals surface area contributed by atoms with Crippen LogP contribution in [-0.2, 0) is 0 Å². The maximum atomic E-state index is 7.06. The first kappa shape index (κ1) is 29.1. The summed E-state index contributed by atoms with van der Waals surface area (Å²) in [7, 11) is -5.34. The van der Waals surface area contributed by atoms with Crippen molar-refractivity contribution >= 4 is 47.3 Å². The molecule has 3 heterocycles. The van der Waals surface area contributed by atoms with E-state index >= 15 is 0 Å². The highest BCUT2D eigenvalue weighted by atomic mass is 28.3. The first-order valence-corrected chi connectivity index (χ1v) is 19.7. The average Bonchev–Trinajstić information content (AvgIpc) is 3.70. The van der Waals surface area contributed by atoms with Crippen LogP contribution in [0.3, 0.4) is 0 Å². The largest absolute Gasteiger partial charge is 0.418 e. The summed E-state index contributed by atoms with van der Waals surface area (Å²) in [5.41, 5.74) is 5.15. The van der Waals surface area contributed by atoms with E-state index in [4.69, 9.17) is 14.6 Å². The zero-order valence-corrected chi connectivity index (χ0v) is 28.8. The predicted molar refractivity (Wildman–Crippen MR) is 192 cm³/mol. The van der Waals surface area contributed by atoms with Crippen LogP contribution in [0.15, 0.2) is 158 Å². The maximum Gasteiger partial charge on any atom is 0.241 e. The van der Waals surface area contributed by atoms with Crippen LogP contribution in [0.25, 0.3) is 10.4 Å². The van der Waals surface area contributed by atoms with Gasteiger partial charge in [0, 0.05) is 10.4 Å². The van der Waals surface area contributed by atoms with E-state index in [1.807, 2.05) is 0 Å². The van der Waals surface area contributed by atoms with Gasteiger partial charge in [0.1, 0.15) is 0 Å². The van der Waals surface area contributed by atoms with E-state index in [0.29, 0.717) is 11.8 Å². The molecule has 0 fully saturated rings. The lowest BCUT2D eigenvalue weighted by Gasteiger charge is -2.33. The van der Waals surface area contributed by atoms with E-state index in [-0.39, 0.29) is 0 Å². The summed E-state index contributed by atoms with van der Waals surface area (Å²) >= 11 is 0. The molecule has 0 N–H and O–H groups in total. The van der Waals surface area contributed by atoms with Crippen molar-refractivity contribution in [3.05, 3.63) is 166 Å². The molecule has 1 aromatic heterocycles. The number of allylic oxidation sites excluding steroid dienone is 6. The Kier molecular flexibility index (Phi) is 7.18. The van der Waals surface area contributed by atoms with E-state index in [0.717, 1.165) is 0 Å². The molecule has 5 aromatic rings. The summed E-state index contributed by atoms with van der Waals surface area (Å²) in [4.78, 5) is 0. The van der Waals surface area contributed by atoms with Crippen LogP contribution in [0.4, 0.5) is 0 Å². The molecule has 2 aliphatic rings. The first-order valence-electron chi connectivity index (χ1n) is 15.7. The zero-order chi connectivity index (χ0) is 31.3. The summed E-state index contributed by atoms with van der Waals surface area (Å²) in [6.07, 6.45) is 0. The van der Waals surface area contributed by atoms with Crippen molar-refractivity contribution in [1.29, 1.82) is 0 Å². The highest BCUT2D eigenvalue weighted by molar-refractivity contribution is 7.21. The lowest BCUT2D eigenvalue weighted by molar-refractivity contribution is 0.528. The van der Waals surface area contributed by atoms with Gasteiger partial charge < -0.3 is 4.42 Å². The molecule has 0 saturated heterocycles. The molecule has 0 aliphatic carbocycles. The molecule has 222 valence electrons. The molecule has 0 atom stereocenters. The number of aromatic nitrogens is 2. The number of hydrogen-bond acceptors (Lipinski definition) is 3. The average molecular weight is 619 g/mol. The highest BCUT2D eigenvalue weighted by Crippen LogP contribution is 2.46. The Morgan fingerprint density at radius 1 is 0.378 bits per heavy atom. The Bertz CT molecular complexity index is 1810. The van der Waals surface area contributed by atoms with Gasteiger partial charge in [-0.3, -0.25) is 0 Å². The van der Waals surface area contributed by atoms with Gasteiger partial charge in [-0.1, -0.05) is 143 Å². The highest BCUT2D eigenvalue weighted by Gasteiger charge is 2.53. The van der Waals surface area contributed by atoms with Gasteiger partial charge >= 0.3 is 0 Å². The third-order valence-electron chi connectivity index (χ3n) is 10.6. The standard InChI is InChI=1S/C40H38N2OSi2/c1-27-29(3)37(44(31(27)5,33-19-11-7-12-20-33)34-21-13-8-14-22-34)39-41-42-40(43-39)38-30(4)28(2)32(6)45(38,35-23-15-9-16-24-35)36-25-17-10-18-26-36/h7-26H,1-6H3. The second-order valence-corrected chi connectivity index (χ2v) is 20.2. The first-order chi connectivity index (χ1) is 21.8. The summed E-state index contributed by atoms with van der Waals surface area (Å²) in [5, 5.41) is 20.5. The molecule has 0 spiro atoms. The lowest BCUT2D eigenvalue weighted by atomic mass is 10.1. The maximum absolute atomic E-state index is 7.06. The lowest BCUT2D eigenvalue weighted by Crippen LogP contribution is -2.60. The van der Waals surface area contributed by atoms with E-state index < -0.39 is 16.1 Å². The minimum absolute atomic E-state index is 0.643. The minimum Gasteiger partial charge on any atom is -0.418 e. The number of hydrogen-bond donors (Lipinski definition) is 0. The van der Waals surface area contributed by atoms with Crippen LogP contribution in [0.5, 0.6) is 0 Å². The molecule has 5 heteroatoms. The predicted octanol–water partition coefficient (Wildman–Crippen LogP) is 7.00. The van der Waals surface area contributed by atoms with Gasteiger partial charge in [0.05, 0.1) is 0 Å². The minimum atomic E-state index is -2.67. The van der Waals surface area contributed by atoms with Crippen molar-refractivity contribution in [2.24, 2.45) is 0 Å². The Morgan fingerprint density at radius 3 is 0.911 bits per heavy atom. The quantitative estimate of drug-likeness (QED) is 0.193. The third kappa shape index (κ3) is 4.07. The van der Waals surface area contributed by atoms with Crippen LogP contribution < -0.4 is 20.7 Å². The van der Waals surface area contributed by atoms with Crippen molar-refractivity contribution in [3.63, 3.8) is 0 Å². The topological polar surface area (TPSA) is 38.9 Å². The molecule has 0 unspecified atom stereocenters. The Morgan fingerprint density at radius 2 is 0.644 bits per heavy atom. The van der Waals surface area contributed by atoms with Crippen LogP contribution in [0, 0.1) is 0 Å². The Labute approximate surface area is 268 Å². The number of benzene rings is 4. The molecule has 0 amide bonds. The fourth-order valence-electron chi connectivity index (χ4n) is 8.03. The summed E-state index contributed by atoms with van der Waals surface area (Å²) in [6, 6.07) is 43.9. The normalized spacial score (nSPS) is 17.6. The summed E-state index contributed by atoms with van der Waals surface area (Å²) < 4.78 is 7.06. The number of nitrogens with zero attached hydrogens (tertiary/aromatic N) is 2.